The summed E-state index contributed by atoms with van der Waals surface area (Å²) < 4.78 is 0. The molecule has 0 spiro atoms. The van der Waals surface area contributed by atoms with Crippen LogP contribution in [0.5, 0.6) is 0 Å². The van der Waals surface area contributed by atoms with Gasteiger partial charge in [0.2, 0.25) is 0 Å². The van der Waals surface area contributed by atoms with Crippen LogP contribution in [0.4, 0.5) is 0 Å². The van der Waals surface area contributed by atoms with E-state index in [1.807, 2.05) is 0 Å². The van der Waals surface area contributed by atoms with Crippen molar-refractivity contribution < 1.29 is 0 Å². The number of hydrogen-bond donors (Lipinski definition) is 0. The molecule has 1 aromatic heterocycles. The zero-order valence-electron chi connectivity index (χ0n) is 30.7. The topological polar surface area (TPSA) is 25.8 Å². The van der Waals surface area contributed by atoms with Crippen LogP contribution in [-0.2, 0) is 0 Å². The van der Waals surface area contributed by atoms with E-state index in [2.05, 4.69) is 206 Å². The van der Waals surface area contributed by atoms with Gasteiger partial charge in [0, 0.05) is 28.3 Å². The number of aromatic nitrogens is 2. The minimum atomic E-state index is 0.141. The molecule has 0 bridgehead atoms. The number of para-hydroxylation sites is 1. The molecule has 2 aliphatic carbocycles. The molecule has 2 aliphatic rings. The summed E-state index contributed by atoms with van der Waals surface area (Å²) in [6.07, 6.45) is 4.67. The molecular formula is C54H36N2. The molecule has 9 aromatic rings. The van der Waals surface area contributed by atoms with Crippen LogP contribution in [-0.4, -0.2) is 9.97 Å². The Morgan fingerprint density at radius 3 is 1.77 bits per heavy atom. The third kappa shape index (κ3) is 5.41. The van der Waals surface area contributed by atoms with Crippen molar-refractivity contribution in [2.45, 2.75) is 11.8 Å². The molecule has 2 atom stereocenters. The van der Waals surface area contributed by atoms with E-state index < -0.39 is 0 Å². The second-order valence-corrected chi connectivity index (χ2v) is 14.9. The van der Waals surface area contributed by atoms with E-state index in [0.717, 1.165) is 44.7 Å². The first-order valence-corrected chi connectivity index (χ1v) is 19.4. The van der Waals surface area contributed by atoms with E-state index in [1.54, 1.807) is 0 Å². The first-order chi connectivity index (χ1) is 27.8. The number of hydrogen-bond acceptors (Lipinski definition) is 2. The predicted octanol–water partition coefficient (Wildman–Crippen LogP) is 13.6. The average Bonchev–Trinajstić information content (AvgIpc) is 3.86. The summed E-state index contributed by atoms with van der Waals surface area (Å²) in [7, 11) is 0. The Kier molecular flexibility index (Phi) is 7.67. The molecule has 2 nitrogen and oxygen atoms in total. The number of benzene rings is 8. The number of fused-ring (bicyclic) bond motifs is 6. The minimum absolute atomic E-state index is 0.141. The minimum Gasteiger partial charge on any atom is -0.228 e. The van der Waals surface area contributed by atoms with E-state index in [1.165, 1.54) is 55.6 Å². The highest BCUT2D eigenvalue weighted by Gasteiger charge is 2.35. The second kappa shape index (κ2) is 13.3. The van der Waals surface area contributed by atoms with Crippen molar-refractivity contribution in [3.63, 3.8) is 0 Å². The van der Waals surface area contributed by atoms with Gasteiger partial charge in [0.15, 0.2) is 5.82 Å². The fraction of sp³-hybridized carbons (Fsp3) is 0.0370. The molecule has 2 heteroatoms. The molecule has 0 fully saturated rings. The lowest BCUT2D eigenvalue weighted by Crippen LogP contribution is -2.02. The second-order valence-electron chi connectivity index (χ2n) is 14.9. The molecule has 0 saturated carbocycles. The van der Waals surface area contributed by atoms with E-state index >= 15 is 0 Å². The maximum atomic E-state index is 5.37. The molecule has 2 unspecified atom stereocenters. The molecule has 1 heterocycles. The lowest BCUT2D eigenvalue weighted by molar-refractivity contribution is 1.00. The van der Waals surface area contributed by atoms with Crippen molar-refractivity contribution >= 4 is 17.0 Å². The molecule has 0 aliphatic heterocycles. The van der Waals surface area contributed by atoms with Gasteiger partial charge in [-0.3, -0.25) is 0 Å². The Labute approximate surface area is 327 Å². The van der Waals surface area contributed by atoms with Crippen molar-refractivity contribution in [2.75, 3.05) is 0 Å². The Bertz CT molecular complexity index is 2890. The van der Waals surface area contributed by atoms with E-state index in [-0.39, 0.29) is 11.8 Å². The Morgan fingerprint density at radius 1 is 0.411 bits per heavy atom. The maximum Gasteiger partial charge on any atom is 0.160 e. The zero-order valence-corrected chi connectivity index (χ0v) is 30.7. The molecule has 0 amide bonds. The lowest BCUT2D eigenvalue weighted by atomic mass is 9.84. The standard InChI is InChI=1S/C54H36N2/c1-4-14-35(15-5-1)41-32-42(36-16-6-2-7-17-36)34-43(33-41)53-47-22-12-13-23-49(47)55-54(56-53)40-26-24-38(25-27-40)50-45-20-10-11-21-46(45)52-48(50)31-29-39-28-30-44(51(39)52)37-18-8-3-9-19-37/h1-34,44,50H. The quantitative estimate of drug-likeness (QED) is 0.172. The van der Waals surface area contributed by atoms with Gasteiger partial charge in [-0.1, -0.05) is 182 Å². The first kappa shape index (κ1) is 32.3. The summed E-state index contributed by atoms with van der Waals surface area (Å²) in [6, 6.07) is 70.0. The van der Waals surface area contributed by atoms with Crippen molar-refractivity contribution in [1.29, 1.82) is 0 Å². The molecule has 0 N–H and O–H groups in total. The zero-order chi connectivity index (χ0) is 37.0. The van der Waals surface area contributed by atoms with Gasteiger partial charge in [-0.05, 0) is 91.0 Å². The van der Waals surface area contributed by atoms with Crippen LogP contribution in [0.2, 0.25) is 0 Å². The van der Waals surface area contributed by atoms with Crippen molar-refractivity contribution in [3.05, 3.63) is 234 Å². The Hall–Kier alpha value is -7.16. The van der Waals surface area contributed by atoms with Crippen LogP contribution in [0.1, 0.15) is 45.2 Å². The van der Waals surface area contributed by atoms with Crippen LogP contribution in [0.3, 0.4) is 0 Å². The predicted molar refractivity (Wildman–Crippen MR) is 231 cm³/mol. The molecule has 0 saturated heterocycles. The number of rotatable bonds is 6. The van der Waals surface area contributed by atoms with Crippen molar-refractivity contribution in [1.82, 2.24) is 9.97 Å². The third-order valence-electron chi connectivity index (χ3n) is 11.6. The van der Waals surface area contributed by atoms with Crippen LogP contribution >= 0.6 is 0 Å². The highest BCUT2D eigenvalue weighted by molar-refractivity contribution is 5.96. The van der Waals surface area contributed by atoms with Gasteiger partial charge < -0.3 is 0 Å². The van der Waals surface area contributed by atoms with Gasteiger partial charge in [-0.15, -0.1) is 0 Å². The van der Waals surface area contributed by atoms with Crippen LogP contribution in [0.25, 0.3) is 73.0 Å². The van der Waals surface area contributed by atoms with Gasteiger partial charge in [0.1, 0.15) is 0 Å². The van der Waals surface area contributed by atoms with E-state index in [0.29, 0.717) is 0 Å². The highest BCUT2D eigenvalue weighted by Crippen LogP contribution is 2.54. The maximum absolute atomic E-state index is 5.37. The summed E-state index contributed by atoms with van der Waals surface area (Å²) in [5, 5.41) is 1.03. The molecule has 56 heavy (non-hydrogen) atoms. The van der Waals surface area contributed by atoms with E-state index in [4.69, 9.17) is 9.97 Å². The van der Waals surface area contributed by atoms with E-state index in [9.17, 15) is 0 Å². The van der Waals surface area contributed by atoms with Crippen LogP contribution in [0.15, 0.2) is 200 Å². The van der Waals surface area contributed by atoms with Gasteiger partial charge in [-0.2, -0.15) is 0 Å². The van der Waals surface area contributed by atoms with Crippen LogP contribution in [0, 0.1) is 0 Å². The number of nitrogens with zero attached hydrogens (tertiary/aromatic N) is 2. The van der Waals surface area contributed by atoms with Crippen molar-refractivity contribution in [3.8, 4) is 56.0 Å². The largest absolute Gasteiger partial charge is 0.228 e. The summed E-state index contributed by atoms with van der Waals surface area (Å²) >= 11 is 0. The first-order valence-electron chi connectivity index (χ1n) is 19.4. The monoisotopic (exact) mass is 712 g/mol. The SMILES string of the molecule is C1=CC(c2ccccc2)c2c1ccc1c2-c2ccccc2C1c1ccc(-c2nc(-c3cc(-c4ccccc4)cc(-c4ccccc4)c3)c3ccccc3n2)cc1. The molecule has 8 aromatic carbocycles. The number of allylic oxidation sites excluding steroid dienone is 1. The molecule has 11 rings (SSSR count). The summed E-state index contributed by atoms with van der Waals surface area (Å²) in [6.45, 7) is 0. The summed E-state index contributed by atoms with van der Waals surface area (Å²) in [5.41, 5.74) is 19.4. The molecule has 262 valence electrons. The fourth-order valence-corrected chi connectivity index (χ4v) is 9.02. The lowest BCUT2D eigenvalue weighted by Gasteiger charge is -2.18. The van der Waals surface area contributed by atoms with Crippen LogP contribution < -0.4 is 0 Å². The summed E-state index contributed by atoms with van der Waals surface area (Å²) in [4.78, 5) is 10.5. The Morgan fingerprint density at radius 2 is 1.04 bits per heavy atom. The normalized spacial score (nSPS) is 15.1. The van der Waals surface area contributed by atoms with Gasteiger partial charge in [0.05, 0.1) is 11.2 Å². The smallest absolute Gasteiger partial charge is 0.160 e. The van der Waals surface area contributed by atoms with Gasteiger partial charge >= 0.3 is 0 Å². The van der Waals surface area contributed by atoms with Gasteiger partial charge in [0.25, 0.3) is 0 Å². The van der Waals surface area contributed by atoms with Crippen molar-refractivity contribution in [2.24, 2.45) is 0 Å². The fourth-order valence-electron chi connectivity index (χ4n) is 9.02. The third-order valence-corrected chi connectivity index (χ3v) is 11.6. The summed E-state index contributed by atoms with van der Waals surface area (Å²) in [5.74, 6) is 1.10. The van der Waals surface area contributed by atoms with Gasteiger partial charge in [-0.25, -0.2) is 9.97 Å². The Balaban J connectivity index is 1.02. The average molecular weight is 713 g/mol. The molecular weight excluding hydrogens is 677 g/mol. The highest BCUT2D eigenvalue weighted by atomic mass is 14.9. The molecule has 0 radical (unpaired) electrons.